The van der Waals surface area contributed by atoms with E-state index in [1.165, 1.54) is 0 Å². The lowest BCUT2D eigenvalue weighted by Crippen LogP contribution is -2.56. The molecule has 3 saturated heterocycles. The van der Waals surface area contributed by atoms with Gasteiger partial charge in [0.25, 0.3) is 0 Å². The van der Waals surface area contributed by atoms with Crippen LogP contribution in [0.3, 0.4) is 0 Å². The van der Waals surface area contributed by atoms with Crippen LogP contribution in [0.4, 0.5) is 13.6 Å². The van der Waals surface area contributed by atoms with Gasteiger partial charge in [-0.15, -0.1) is 0 Å². The Morgan fingerprint density at radius 1 is 1.33 bits per heavy atom. The third-order valence-corrected chi connectivity index (χ3v) is 5.74. The van der Waals surface area contributed by atoms with E-state index >= 15 is 0 Å². The number of carbonyl (C=O) groups excluding carboxylic acids is 2. The predicted molar refractivity (Wildman–Crippen MR) is 94.6 cm³/mol. The Labute approximate surface area is 159 Å². The predicted octanol–water partition coefficient (Wildman–Crippen LogP) is 3.05. The van der Waals surface area contributed by atoms with Crippen molar-refractivity contribution in [3.05, 3.63) is 0 Å². The van der Waals surface area contributed by atoms with Crippen molar-refractivity contribution in [2.45, 2.75) is 77.1 Å². The molecule has 0 N–H and O–H groups in total. The number of amides is 3. The molecule has 154 valence electrons. The highest BCUT2D eigenvalue weighted by molar-refractivity contribution is 5.96. The van der Waals surface area contributed by atoms with Gasteiger partial charge in [0.05, 0.1) is 24.4 Å². The molecule has 8 heteroatoms. The zero-order valence-electron chi connectivity index (χ0n) is 16.4. The summed E-state index contributed by atoms with van der Waals surface area (Å²) in [4.78, 5) is 27.8. The minimum absolute atomic E-state index is 0.00627. The van der Waals surface area contributed by atoms with Gasteiger partial charge in [0.1, 0.15) is 0 Å². The number of ether oxygens (including phenoxy) is 2. The Balaban J connectivity index is 1.59. The maximum absolute atomic E-state index is 12.8. The van der Waals surface area contributed by atoms with Gasteiger partial charge in [0, 0.05) is 38.9 Å². The first kappa shape index (κ1) is 20.5. The molecule has 3 heterocycles. The van der Waals surface area contributed by atoms with Crippen LogP contribution in [-0.2, 0) is 14.3 Å². The molecule has 0 aliphatic carbocycles. The average molecular weight is 388 g/mol. The molecule has 0 aromatic heterocycles. The maximum Gasteiger partial charge on any atom is 0.326 e. The van der Waals surface area contributed by atoms with E-state index in [2.05, 4.69) is 0 Å². The summed E-state index contributed by atoms with van der Waals surface area (Å²) in [5.74, 6) is -0.291. The number of urea groups is 1. The minimum atomic E-state index is -2.47. The average Bonchev–Trinajstić information content (AvgIpc) is 3.11. The number of hydrogen-bond donors (Lipinski definition) is 0. The van der Waals surface area contributed by atoms with Crippen molar-refractivity contribution in [3.8, 4) is 0 Å². The topological polar surface area (TPSA) is 59.1 Å². The molecule has 0 bridgehead atoms. The molecule has 0 aromatic carbocycles. The van der Waals surface area contributed by atoms with Gasteiger partial charge in [-0.25, -0.2) is 13.6 Å². The molecule has 0 aromatic rings. The van der Waals surface area contributed by atoms with E-state index in [-0.39, 0.29) is 43.1 Å². The number of imide groups is 1. The van der Waals surface area contributed by atoms with Crippen LogP contribution < -0.4 is 0 Å². The van der Waals surface area contributed by atoms with E-state index in [9.17, 15) is 18.4 Å². The Morgan fingerprint density at radius 3 is 2.70 bits per heavy atom. The van der Waals surface area contributed by atoms with Crippen LogP contribution in [0.2, 0.25) is 0 Å². The number of carbonyl (C=O) groups is 2. The quantitative estimate of drug-likeness (QED) is 0.702. The fraction of sp³-hybridized carbons (Fsp3) is 0.895. The summed E-state index contributed by atoms with van der Waals surface area (Å²) in [5, 5.41) is 0. The first-order chi connectivity index (χ1) is 12.6. The van der Waals surface area contributed by atoms with E-state index in [0.29, 0.717) is 19.7 Å². The van der Waals surface area contributed by atoms with Crippen molar-refractivity contribution in [3.63, 3.8) is 0 Å². The fourth-order valence-electron chi connectivity index (χ4n) is 4.44. The minimum Gasteiger partial charge on any atom is -0.375 e. The van der Waals surface area contributed by atoms with Crippen LogP contribution >= 0.6 is 0 Å². The zero-order chi connectivity index (χ0) is 19.8. The monoisotopic (exact) mass is 388 g/mol. The van der Waals surface area contributed by atoms with E-state index < -0.39 is 17.9 Å². The highest BCUT2D eigenvalue weighted by atomic mass is 19.3. The Hall–Kier alpha value is -1.28. The van der Waals surface area contributed by atoms with Crippen LogP contribution in [0.15, 0.2) is 0 Å². The fourth-order valence-corrected chi connectivity index (χ4v) is 4.44. The summed E-state index contributed by atoms with van der Waals surface area (Å²) in [6, 6.07) is -0.394. The highest BCUT2D eigenvalue weighted by Gasteiger charge is 2.47. The molecule has 27 heavy (non-hydrogen) atoms. The van der Waals surface area contributed by atoms with E-state index in [4.69, 9.17) is 9.47 Å². The van der Waals surface area contributed by atoms with E-state index in [0.717, 1.165) is 24.2 Å². The first-order valence-corrected chi connectivity index (χ1v) is 9.76. The molecule has 3 unspecified atom stereocenters. The van der Waals surface area contributed by atoms with Crippen LogP contribution in [0.25, 0.3) is 0 Å². The summed E-state index contributed by atoms with van der Waals surface area (Å²) in [6.07, 6.45) is 0.135. The van der Waals surface area contributed by atoms with Crippen molar-refractivity contribution < 1.29 is 27.8 Å². The summed E-state index contributed by atoms with van der Waals surface area (Å²) < 4.78 is 37.4. The molecule has 3 aliphatic heterocycles. The molecular formula is C19H30F2N2O4. The molecule has 0 radical (unpaired) electrons. The second-order valence-corrected chi connectivity index (χ2v) is 9.01. The summed E-state index contributed by atoms with van der Waals surface area (Å²) in [6.45, 7) is 6.71. The van der Waals surface area contributed by atoms with Crippen molar-refractivity contribution >= 4 is 11.9 Å². The molecular weight excluding hydrogens is 358 g/mol. The lowest BCUT2D eigenvalue weighted by molar-refractivity contribution is -0.133. The summed E-state index contributed by atoms with van der Waals surface area (Å²) in [7, 11) is 0. The smallest absolute Gasteiger partial charge is 0.326 e. The van der Waals surface area contributed by atoms with Crippen LogP contribution in [0, 0.1) is 5.41 Å². The van der Waals surface area contributed by atoms with Crippen LogP contribution in [-0.4, -0.2) is 72.2 Å². The van der Waals surface area contributed by atoms with Crippen molar-refractivity contribution in [1.29, 1.82) is 0 Å². The number of rotatable bonds is 6. The molecule has 3 aliphatic rings. The standard InChI is InChI=1S/C19H30F2N2O4/c1-13-8-19(12-26-13)6-4-14(27-19)10-22-7-5-16(24)23(17(22)25)11-18(2,3)9-15(20)21/h13-15H,4-12H2,1-3H3. The Kier molecular flexibility index (Phi) is 5.77. The second-order valence-electron chi connectivity index (χ2n) is 9.01. The third-order valence-electron chi connectivity index (χ3n) is 5.74. The third kappa shape index (κ3) is 4.77. The number of hydrogen-bond acceptors (Lipinski definition) is 4. The largest absolute Gasteiger partial charge is 0.375 e. The molecule has 3 atom stereocenters. The van der Waals surface area contributed by atoms with E-state index in [1.807, 2.05) is 6.92 Å². The normalized spacial score (nSPS) is 32.4. The van der Waals surface area contributed by atoms with Gasteiger partial charge < -0.3 is 14.4 Å². The van der Waals surface area contributed by atoms with Gasteiger partial charge >= 0.3 is 6.03 Å². The zero-order valence-corrected chi connectivity index (χ0v) is 16.4. The Morgan fingerprint density at radius 2 is 2.07 bits per heavy atom. The van der Waals surface area contributed by atoms with Gasteiger partial charge in [0.15, 0.2) is 0 Å². The molecule has 3 amide bonds. The van der Waals surface area contributed by atoms with Crippen molar-refractivity contribution in [2.75, 3.05) is 26.2 Å². The number of halogens is 2. The van der Waals surface area contributed by atoms with Crippen LogP contribution in [0.5, 0.6) is 0 Å². The number of nitrogens with zero attached hydrogens (tertiary/aromatic N) is 2. The van der Waals surface area contributed by atoms with Crippen LogP contribution in [0.1, 0.15) is 52.9 Å². The summed E-state index contributed by atoms with van der Waals surface area (Å²) >= 11 is 0. The lowest BCUT2D eigenvalue weighted by atomic mass is 9.88. The molecule has 3 fully saturated rings. The SMILES string of the molecule is CC1CC2(CCC(CN3CCC(=O)N(CC(C)(C)CC(F)F)C3=O)O2)CO1. The number of alkyl halides is 2. The first-order valence-electron chi connectivity index (χ1n) is 9.76. The van der Waals surface area contributed by atoms with E-state index in [1.54, 1.807) is 18.7 Å². The van der Waals surface area contributed by atoms with Gasteiger partial charge in [-0.1, -0.05) is 13.8 Å². The maximum atomic E-state index is 12.8. The molecule has 6 nitrogen and oxygen atoms in total. The van der Waals surface area contributed by atoms with Crippen molar-refractivity contribution in [2.24, 2.45) is 5.41 Å². The molecule has 1 spiro atoms. The highest BCUT2D eigenvalue weighted by Crippen LogP contribution is 2.40. The summed E-state index contributed by atoms with van der Waals surface area (Å²) in [5.41, 5.74) is -1.06. The van der Waals surface area contributed by atoms with Crippen molar-refractivity contribution in [1.82, 2.24) is 9.80 Å². The van der Waals surface area contributed by atoms with Gasteiger partial charge in [-0.3, -0.25) is 9.69 Å². The lowest BCUT2D eigenvalue weighted by Gasteiger charge is -2.39. The van der Waals surface area contributed by atoms with Gasteiger partial charge in [-0.2, -0.15) is 0 Å². The molecule has 3 rings (SSSR count). The molecule has 0 saturated carbocycles. The Bertz CT molecular complexity index is 586. The van der Waals surface area contributed by atoms with Gasteiger partial charge in [0.2, 0.25) is 12.3 Å². The van der Waals surface area contributed by atoms with Gasteiger partial charge in [-0.05, 0) is 25.2 Å². The second kappa shape index (κ2) is 7.62.